The first-order chi connectivity index (χ1) is 51.0. The number of nitrogens with one attached hydrogen (secondary N) is 1. The molecule has 5 N–H and O–H groups in total. The van der Waals surface area contributed by atoms with Crippen LogP contribution in [-0.2, 0) is 47.5 Å². The average Bonchev–Trinajstić information content (AvgIpc) is 1.56. The van der Waals surface area contributed by atoms with Crippen LogP contribution in [0.1, 0.15) is 259 Å². The summed E-state index contributed by atoms with van der Waals surface area (Å²) in [7, 11) is 0. The number of aliphatic imine (C=N–C) groups is 1. The SMILES string of the molecule is C.CC[C@@H]1[C@H]2OC(C)(C)O[C@@]2(C)C=[N+]1[O-].CC[C@@H]1[C@H]2OC(C)(C)O[C@@]2(C)[C@H](c2cnc(C)nc2C)N1O.CC[C@H]1C[C@@H](c2cnc(C)nc2C)[C@]2(C)OC(C)(C)O[C@H]12.CC[C@H]1N=C[C@]2(C)OC(C)(C)O[C@H]12.C[C@@]1(O)[C@H](O)[C@@H](CO)C[C@H]1C1=CCC(=O)NC1=O.Cc1ncc(Br)c(C)n1.Cc1ncc(Br)c(C)n1.Cl.[CH2-]CCC.[Li+]. The van der Waals surface area contributed by atoms with Gasteiger partial charge in [0.1, 0.15) is 52.3 Å². The van der Waals surface area contributed by atoms with Crippen molar-refractivity contribution in [2.45, 2.75) is 357 Å². The van der Waals surface area contributed by atoms with E-state index in [1.165, 1.54) is 30.0 Å². The number of imide groups is 1. The molecule has 0 radical (unpaired) electrons. The first-order valence-corrected chi connectivity index (χ1v) is 40.3. The first kappa shape index (κ1) is 101. The minimum atomic E-state index is -1.48. The van der Waals surface area contributed by atoms with E-state index in [9.17, 15) is 30.2 Å². The number of carbonyl (C=O) groups excluding carboxylic acids is 2. The van der Waals surface area contributed by atoms with Gasteiger partial charge >= 0.3 is 18.9 Å². The quantitative estimate of drug-likeness (QED) is 0.0342. The van der Waals surface area contributed by atoms with Gasteiger partial charge in [-0.3, -0.25) is 19.9 Å². The van der Waals surface area contributed by atoms with Crippen LogP contribution < -0.4 is 24.2 Å². The number of aryl methyl sites for hydroxylation is 8. The predicted octanol–water partition coefficient (Wildman–Crippen LogP) is 11.2. The van der Waals surface area contributed by atoms with Gasteiger partial charge < -0.3 is 70.6 Å². The number of ether oxygens (including phenoxy) is 8. The van der Waals surface area contributed by atoms with Crippen LogP contribution in [0.15, 0.2) is 50.4 Å². The standard InChI is InChI=1S/C17H26N2O2.C16H25N3O3.C12H17NO5.C10H17NO3.C10H17NO2.2C6H7BrN2.C4H9.CH4.ClH.Li/c1-7-12-8-14(13-9-18-11(3)19-10(13)2)17(6)15(12)20-16(4,5)21-17;1-7-12-14-16(6,22-15(4,5)21-14)13(19(12)20)11-8-17-10(3)18-9(11)2;1-12(18)8(4-6(5-14)10(12)16)7-2-3-9(15)13-11(7)17;1-5-7-8-10(4,6-11(7)12)14-9(2,3)13-8;1-5-7-8-10(4,6-11-7)13-9(2,3)12-8;2*1-4-6(7)3-8-5(2)9-4;1-3-4-2;;;/h9,12,14-15H,7-8H2,1-6H3;8,12-14,20H,7H2,1-6H3;2,6,8,10,14,16,18H,3-5H2,1H3,(H,13,15,17);6-8H,5H2,1-4H3;6-8H,5H2,1-4H3;2*3H,1-2H3;1,3-4H2,2H3;1H4;1H;/q;;;;;;;-1;;;+1/t12-,14-,15+,17-;12-,13+,14-,16+;6-,8+,10-,12+;2*7-,8-,10+;;;;;;/m01111....../s1. The zero-order chi connectivity index (χ0) is 82.6. The number of hydrogen-bond acceptors (Lipinski definition) is 25. The van der Waals surface area contributed by atoms with E-state index in [4.69, 9.17) is 43.0 Å². The number of halogens is 3. The van der Waals surface area contributed by atoms with Gasteiger partial charge in [-0.05, 0) is 214 Å². The molecule has 4 aromatic heterocycles. The smallest absolute Gasteiger partial charge is 0.624 e. The van der Waals surface area contributed by atoms with Crippen molar-refractivity contribution in [2.24, 2.45) is 22.7 Å². The zero-order valence-corrected chi connectivity index (χ0v) is 75.2. The fraction of sp³-hybridized carbons (Fsp3) is 0.720. The van der Waals surface area contributed by atoms with Crippen molar-refractivity contribution in [3.8, 4) is 0 Å². The number of aliphatic hydroxyl groups is 3. The summed E-state index contributed by atoms with van der Waals surface area (Å²) >= 11 is 6.61. The van der Waals surface area contributed by atoms with Gasteiger partial charge in [-0.1, -0.05) is 61.0 Å². The molecule has 8 aliphatic heterocycles. The summed E-state index contributed by atoms with van der Waals surface area (Å²) in [4.78, 5) is 61.1. The molecule has 0 bridgehead atoms. The van der Waals surface area contributed by atoms with Crippen molar-refractivity contribution in [1.82, 2.24) is 50.3 Å². The van der Waals surface area contributed by atoms with Crippen LogP contribution in [0, 0.1) is 85.3 Å². The number of aliphatic hydroxyl groups excluding tert-OH is 2. The minimum Gasteiger partial charge on any atom is -0.624 e. The molecule has 12 heterocycles. The largest absolute Gasteiger partial charge is 1.00 e. The second kappa shape index (κ2) is 40.2. The number of aromatic nitrogens is 8. The molecule has 14 rings (SSSR count). The Morgan fingerprint density at radius 1 is 0.602 bits per heavy atom. The van der Waals surface area contributed by atoms with Crippen molar-refractivity contribution >= 4 is 68.5 Å². The van der Waals surface area contributed by atoms with E-state index in [2.05, 4.69) is 124 Å². The molecule has 113 heavy (non-hydrogen) atoms. The molecular weight excluding hydrogens is 1600 g/mol. The van der Waals surface area contributed by atoms with Crippen LogP contribution in [0.4, 0.5) is 0 Å². The average molecular weight is 1730 g/mol. The van der Waals surface area contributed by atoms with Gasteiger partial charge in [-0.25, -0.2) is 44.6 Å². The van der Waals surface area contributed by atoms with E-state index in [1.807, 2.05) is 151 Å². The van der Waals surface area contributed by atoms with Gasteiger partial charge in [0.2, 0.25) is 5.91 Å². The first-order valence-electron chi connectivity index (χ1n) is 38.7. The summed E-state index contributed by atoms with van der Waals surface area (Å²) < 4.78 is 51.0. The summed E-state index contributed by atoms with van der Waals surface area (Å²) in [6.45, 7) is 54.5. The molecule has 27 nitrogen and oxygen atoms in total. The maximum Gasteiger partial charge on any atom is 1.00 e. The molecule has 5 saturated heterocycles. The third-order valence-electron chi connectivity index (χ3n) is 21.9. The Balaban J connectivity index is 0.000000280. The molecule has 31 heteroatoms. The van der Waals surface area contributed by atoms with Crippen LogP contribution in [0.2, 0.25) is 0 Å². The Hall–Kier alpha value is -4.33. The summed E-state index contributed by atoms with van der Waals surface area (Å²) in [6.07, 6.45) is 18.6. The monoisotopic (exact) mass is 1720 g/mol. The molecule has 0 unspecified atom stereocenters. The van der Waals surface area contributed by atoms with E-state index < -0.39 is 63.8 Å². The van der Waals surface area contributed by atoms with Crippen molar-refractivity contribution in [2.75, 3.05) is 6.61 Å². The minimum absolute atomic E-state index is 0. The van der Waals surface area contributed by atoms with E-state index in [1.54, 1.807) is 24.8 Å². The third kappa shape index (κ3) is 23.4. The predicted molar refractivity (Wildman–Crippen MR) is 439 cm³/mol. The number of nitrogens with zero attached hydrogens (tertiary/aromatic N) is 11. The van der Waals surface area contributed by atoms with Gasteiger partial charge in [0.15, 0.2) is 47.1 Å². The molecule has 2 amide bonds. The molecule has 0 spiro atoms. The van der Waals surface area contributed by atoms with Gasteiger partial charge in [-0.2, -0.15) is 11.5 Å². The Bertz CT molecular complexity index is 3910. The zero-order valence-electron chi connectivity index (χ0n) is 71.2. The fourth-order valence-corrected chi connectivity index (χ4v) is 17.3. The van der Waals surface area contributed by atoms with Crippen LogP contribution >= 0.6 is 44.3 Å². The molecular formula is C82H130Br2ClLiN12O15. The molecule has 18 atom stereocenters. The maximum atomic E-state index is 11.7. The summed E-state index contributed by atoms with van der Waals surface area (Å²) in [5, 5.41) is 55.2. The summed E-state index contributed by atoms with van der Waals surface area (Å²) in [5.41, 5.74) is 3.07. The molecule has 0 aromatic carbocycles. The fourth-order valence-electron chi connectivity index (χ4n) is 17.0. The summed E-state index contributed by atoms with van der Waals surface area (Å²) in [6, 6.07) is -0.296. The molecule has 10 aliphatic rings. The van der Waals surface area contributed by atoms with E-state index in [0.717, 1.165) is 104 Å². The number of fused-ring (bicyclic) bond motifs is 4. The third-order valence-corrected chi connectivity index (χ3v) is 23.5. The Morgan fingerprint density at radius 2 is 1.04 bits per heavy atom. The Kier molecular flexibility index (Phi) is 35.9. The number of unbranched alkanes of at least 4 members (excludes halogenated alkanes) is 1. The van der Waals surface area contributed by atoms with Crippen molar-refractivity contribution in [1.29, 1.82) is 0 Å². The van der Waals surface area contributed by atoms with Crippen LogP contribution in [0.5, 0.6) is 0 Å². The van der Waals surface area contributed by atoms with Crippen LogP contribution in [0.25, 0.3) is 0 Å². The number of carbonyl (C=O) groups is 2. The van der Waals surface area contributed by atoms with Crippen molar-refractivity contribution in [3.05, 3.63) is 115 Å². The molecule has 2 saturated carbocycles. The topological polar surface area (TPSA) is 346 Å². The number of hydroxylamine groups is 3. The molecule has 2 aliphatic carbocycles. The number of rotatable bonds is 9. The van der Waals surface area contributed by atoms with Crippen LogP contribution in [-0.4, -0.2) is 201 Å². The van der Waals surface area contributed by atoms with Crippen molar-refractivity contribution < 1.29 is 91.6 Å². The van der Waals surface area contributed by atoms with E-state index >= 15 is 0 Å². The van der Waals surface area contributed by atoms with E-state index in [-0.39, 0.29) is 117 Å². The Morgan fingerprint density at radius 3 is 1.48 bits per heavy atom. The normalized spacial score (nSPS) is 33.5. The second-order valence-corrected chi connectivity index (χ2v) is 34.7. The molecule has 630 valence electrons. The van der Waals surface area contributed by atoms with E-state index in [0.29, 0.717) is 23.8 Å². The Labute approximate surface area is 706 Å². The van der Waals surface area contributed by atoms with Crippen molar-refractivity contribution in [3.63, 3.8) is 0 Å². The number of hydrogen-bond donors (Lipinski definition) is 5. The van der Waals surface area contributed by atoms with Gasteiger partial charge in [-0.15, -0.1) is 12.4 Å². The van der Waals surface area contributed by atoms with Gasteiger partial charge in [0, 0.05) is 90.7 Å². The maximum absolute atomic E-state index is 11.7. The van der Waals surface area contributed by atoms with Gasteiger partial charge in [0.25, 0.3) is 5.91 Å². The molecule has 7 fully saturated rings. The second-order valence-electron chi connectivity index (χ2n) is 32.9. The number of amides is 2. The van der Waals surface area contributed by atoms with Gasteiger partial charge in [0.05, 0.1) is 56.3 Å². The molecule has 4 aromatic rings. The summed E-state index contributed by atoms with van der Waals surface area (Å²) in [5.74, 6) is -0.130. The van der Waals surface area contributed by atoms with Crippen LogP contribution in [0.3, 0.4) is 0 Å².